The third-order valence-electron chi connectivity index (χ3n) is 1.84. The molecule has 0 nitrogen and oxygen atoms in total. The van der Waals surface area contributed by atoms with Gasteiger partial charge in [-0.2, -0.15) is 0 Å². The first-order valence-electron chi connectivity index (χ1n) is 3.91. The van der Waals surface area contributed by atoms with Crippen LogP contribution in [-0.2, 0) is 0 Å². The van der Waals surface area contributed by atoms with Gasteiger partial charge in [0.1, 0.15) is 0 Å². The van der Waals surface area contributed by atoms with Crippen LogP contribution in [0.2, 0.25) is 0 Å². The first kappa shape index (κ1) is 8.66. The smallest absolute Gasteiger partial charge is 0.0101 e. The largest absolute Gasteiger partial charge is 0.125 e. The van der Waals surface area contributed by atoms with Crippen LogP contribution in [-0.4, -0.2) is 5.75 Å². The molecule has 1 heteroatoms. The van der Waals surface area contributed by atoms with E-state index in [0.717, 1.165) is 0 Å². The van der Waals surface area contributed by atoms with Crippen LogP contribution in [0, 0.1) is 5.92 Å². The Kier molecular flexibility index (Phi) is 3.01. The van der Waals surface area contributed by atoms with Gasteiger partial charge in [0.2, 0.25) is 0 Å². The zero-order valence-corrected chi connectivity index (χ0v) is 7.95. The molecule has 0 aromatic rings. The molecule has 1 aliphatic heterocycles. The number of thioether (sulfide) groups is 1. The van der Waals surface area contributed by atoms with E-state index >= 15 is 0 Å². The zero-order chi connectivity index (χ0) is 8.27. The summed E-state index contributed by atoms with van der Waals surface area (Å²) in [5, 5.41) is 0. The summed E-state index contributed by atoms with van der Waals surface area (Å²) in [6, 6.07) is 0. The third kappa shape index (κ3) is 1.78. The molecule has 1 rings (SSSR count). The van der Waals surface area contributed by atoms with Crippen LogP contribution in [0.5, 0.6) is 0 Å². The molecular formula is C10H14S. The third-order valence-corrected chi connectivity index (χ3v) is 3.22. The Hall–Kier alpha value is -0.430. The number of allylic oxidation sites excluding steroid dienone is 4. The summed E-state index contributed by atoms with van der Waals surface area (Å²) in [6.45, 7) is 8.12. The Morgan fingerprint density at radius 3 is 2.91 bits per heavy atom. The van der Waals surface area contributed by atoms with Gasteiger partial charge in [0.25, 0.3) is 0 Å². The van der Waals surface area contributed by atoms with Gasteiger partial charge >= 0.3 is 0 Å². The maximum absolute atomic E-state index is 3.80. The molecule has 1 unspecified atom stereocenters. The Balaban J connectivity index is 2.89. The lowest BCUT2D eigenvalue weighted by molar-refractivity contribution is 0.818. The standard InChI is InChI=1S/C10H14S/c1-4-6-9-8(3)7-11-10(9)5-2/h4-6,8H,2,7H2,1,3H3/b6-4-. The molecule has 0 saturated carbocycles. The summed E-state index contributed by atoms with van der Waals surface area (Å²) in [4.78, 5) is 1.36. The van der Waals surface area contributed by atoms with Crippen LogP contribution in [0.1, 0.15) is 13.8 Å². The highest BCUT2D eigenvalue weighted by molar-refractivity contribution is 8.03. The molecule has 0 aromatic carbocycles. The van der Waals surface area contributed by atoms with Gasteiger partial charge < -0.3 is 0 Å². The van der Waals surface area contributed by atoms with Crippen molar-refractivity contribution < 1.29 is 0 Å². The highest BCUT2D eigenvalue weighted by Gasteiger charge is 2.17. The molecule has 60 valence electrons. The normalized spacial score (nSPS) is 25.1. The molecule has 0 aliphatic carbocycles. The van der Waals surface area contributed by atoms with Gasteiger partial charge in [0.05, 0.1) is 0 Å². The van der Waals surface area contributed by atoms with Gasteiger partial charge in [-0.1, -0.05) is 31.7 Å². The molecule has 0 saturated heterocycles. The van der Waals surface area contributed by atoms with Crippen LogP contribution in [0.25, 0.3) is 0 Å². The summed E-state index contributed by atoms with van der Waals surface area (Å²) in [6.07, 6.45) is 6.26. The second-order valence-corrected chi connectivity index (χ2v) is 3.80. The molecule has 1 aliphatic rings. The Bertz CT molecular complexity index is 211. The fourth-order valence-electron chi connectivity index (χ4n) is 1.23. The molecule has 0 N–H and O–H groups in total. The van der Waals surface area contributed by atoms with E-state index < -0.39 is 0 Å². The van der Waals surface area contributed by atoms with Crippen molar-refractivity contribution >= 4 is 11.8 Å². The number of hydrogen-bond acceptors (Lipinski definition) is 1. The van der Waals surface area contributed by atoms with Crippen molar-refractivity contribution in [1.82, 2.24) is 0 Å². The summed E-state index contributed by atoms with van der Waals surface area (Å²) < 4.78 is 0. The first-order valence-corrected chi connectivity index (χ1v) is 4.90. The molecular weight excluding hydrogens is 152 g/mol. The van der Waals surface area contributed by atoms with E-state index in [1.54, 1.807) is 0 Å². The molecule has 0 radical (unpaired) electrons. The molecule has 0 spiro atoms. The molecule has 1 atom stereocenters. The quantitative estimate of drug-likeness (QED) is 0.606. The lowest BCUT2D eigenvalue weighted by atomic mass is 10.0. The van der Waals surface area contributed by atoms with Gasteiger partial charge in [0, 0.05) is 10.7 Å². The van der Waals surface area contributed by atoms with E-state index in [1.165, 1.54) is 16.2 Å². The fraction of sp³-hybridized carbons (Fsp3) is 0.400. The SMILES string of the molecule is C=CC1=C(/C=C\C)C(C)CS1. The summed E-state index contributed by atoms with van der Waals surface area (Å²) in [7, 11) is 0. The summed E-state index contributed by atoms with van der Waals surface area (Å²) >= 11 is 1.91. The predicted molar refractivity (Wildman–Crippen MR) is 53.7 cm³/mol. The molecule has 0 aromatic heterocycles. The van der Waals surface area contributed by atoms with Crippen molar-refractivity contribution in [2.75, 3.05) is 5.75 Å². The minimum Gasteiger partial charge on any atom is -0.125 e. The summed E-state index contributed by atoms with van der Waals surface area (Å²) in [5.41, 5.74) is 1.45. The van der Waals surface area contributed by atoms with E-state index in [1.807, 2.05) is 17.8 Å². The van der Waals surface area contributed by atoms with Crippen LogP contribution in [0.15, 0.2) is 35.3 Å². The highest BCUT2D eigenvalue weighted by Crippen LogP contribution is 2.36. The fourth-order valence-corrected chi connectivity index (χ4v) is 2.40. The first-order chi connectivity index (χ1) is 5.29. The van der Waals surface area contributed by atoms with Crippen molar-refractivity contribution in [3.05, 3.63) is 35.3 Å². The van der Waals surface area contributed by atoms with E-state index in [0.29, 0.717) is 5.92 Å². The Labute approximate surface area is 73.1 Å². The average Bonchev–Trinajstić information content (AvgIpc) is 2.34. The van der Waals surface area contributed by atoms with Crippen molar-refractivity contribution in [1.29, 1.82) is 0 Å². The van der Waals surface area contributed by atoms with Crippen molar-refractivity contribution in [2.45, 2.75) is 13.8 Å². The van der Waals surface area contributed by atoms with Crippen molar-refractivity contribution in [2.24, 2.45) is 5.92 Å². The van der Waals surface area contributed by atoms with Gasteiger partial charge in [-0.3, -0.25) is 0 Å². The van der Waals surface area contributed by atoms with Crippen LogP contribution in [0.4, 0.5) is 0 Å². The van der Waals surface area contributed by atoms with E-state index in [9.17, 15) is 0 Å². The predicted octanol–water partition coefficient (Wildman–Crippen LogP) is 3.39. The van der Waals surface area contributed by atoms with Gasteiger partial charge in [-0.15, -0.1) is 11.8 Å². The lowest BCUT2D eigenvalue weighted by Crippen LogP contribution is -1.93. The molecule has 1 heterocycles. The highest BCUT2D eigenvalue weighted by atomic mass is 32.2. The topological polar surface area (TPSA) is 0 Å². The maximum Gasteiger partial charge on any atom is 0.0101 e. The van der Waals surface area contributed by atoms with Crippen LogP contribution >= 0.6 is 11.8 Å². The van der Waals surface area contributed by atoms with E-state index in [4.69, 9.17) is 0 Å². The lowest BCUT2D eigenvalue weighted by Gasteiger charge is -2.01. The number of rotatable bonds is 2. The minimum atomic E-state index is 0.698. The molecule has 0 amide bonds. The van der Waals surface area contributed by atoms with Crippen molar-refractivity contribution in [3.8, 4) is 0 Å². The molecule has 0 bridgehead atoms. The molecule has 0 fully saturated rings. The van der Waals surface area contributed by atoms with Gasteiger partial charge in [-0.05, 0) is 18.4 Å². The monoisotopic (exact) mass is 166 g/mol. The second-order valence-electron chi connectivity index (χ2n) is 2.74. The Morgan fingerprint density at radius 2 is 2.36 bits per heavy atom. The number of hydrogen-bond donors (Lipinski definition) is 0. The van der Waals surface area contributed by atoms with E-state index in [-0.39, 0.29) is 0 Å². The van der Waals surface area contributed by atoms with Crippen molar-refractivity contribution in [3.63, 3.8) is 0 Å². The van der Waals surface area contributed by atoms with Crippen LogP contribution < -0.4 is 0 Å². The Morgan fingerprint density at radius 1 is 1.64 bits per heavy atom. The van der Waals surface area contributed by atoms with Gasteiger partial charge in [0.15, 0.2) is 0 Å². The van der Waals surface area contributed by atoms with E-state index in [2.05, 4.69) is 32.6 Å². The van der Waals surface area contributed by atoms with Gasteiger partial charge in [-0.25, -0.2) is 0 Å². The average molecular weight is 166 g/mol. The molecule has 11 heavy (non-hydrogen) atoms. The van der Waals surface area contributed by atoms with Crippen LogP contribution in [0.3, 0.4) is 0 Å². The minimum absolute atomic E-state index is 0.698. The summed E-state index contributed by atoms with van der Waals surface area (Å²) in [5.74, 6) is 1.91. The zero-order valence-electron chi connectivity index (χ0n) is 7.13. The second kappa shape index (κ2) is 3.82. The maximum atomic E-state index is 3.80.